The van der Waals surface area contributed by atoms with Crippen molar-refractivity contribution < 1.29 is 25.7 Å². The molecule has 0 aliphatic carbocycles. The van der Waals surface area contributed by atoms with Crippen molar-refractivity contribution in [2.24, 2.45) is 4.36 Å². The molecule has 0 atom stereocenters. The van der Waals surface area contributed by atoms with Gasteiger partial charge in [0.2, 0.25) is 0 Å². The Morgan fingerprint density at radius 2 is 1.35 bits per heavy atom. The lowest BCUT2D eigenvalue weighted by atomic mass is 10.4. The summed E-state index contributed by atoms with van der Waals surface area (Å²) in [6, 6.07) is 19.3. The molecule has 2 aromatic carbocycles. The second-order valence-corrected chi connectivity index (χ2v) is 8.45. The molecule has 0 bridgehead atoms. The minimum atomic E-state index is -2.56. The molecule has 0 unspecified atom stereocenters. The smallest absolute Gasteiger partial charge is 0.182 e. The lowest BCUT2D eigenvalue weighted by molar-refractivity contribution is -0.896. The van der Waals surface area contributed by atoms with Gasteiger partial charge in [-0.2, -0.15) is 4.36 Å². The lowest BCUT2D eigenvalue weighted by Crippen LogP contribution is -3.00. The lowest BCUT2D eigenvalue weighted by Gasteiger charge is -2.27. The summed E-state index contributed by atoms with van der Waals surface area (Å²) in [5, 5.41) is 0. The minimum absolute atomic E-state index is 0. The van der Waals surface area contributed by atoms with Crippen molar-refractivity contribution in [2.45, 2.75) is 22.6 Å². The van der Waals surface area contributed by atoms with Crippen LogP contribution >= 0.6 is 0 Å². The molecule has 3 nitrogen and oxygen atoms in total. The van der Waals surface area contributed by atoms with Gasteiger partial charge in [-0.05, 0) is 24.3 Å². The highest BCUT2D eigenvalue weighted by Crippen LogP contribution is 2.25. The van der Waals surface area contributed by atoms with Crippen molar-refractivity contribution >= 4 is 9.73 Å². The summed E-state index contributed by atoms with van der Waals surface area (Å²) in [5.74, 6) is 0. The quantitative estimate of drug-likeness (QED) is 0.704. The number of hydrogen-bond acceptors (Lipinski definition) is 2. The Balaban J connectivity index is 0.00000192. The fraction of sp³-hybridized carbons (Fsp3) is 0.333. The van der Waals surface area contributed by atoms with Gasteiger partial charge in [0.1, 0.15) is 9.73 Å². The number of nitrogens with zero attached hydrogens (tertiary/aromatic N) is 2. The third-order valence-corrected chi connectivity index (χ3v) is 6.65. The predicted octanol–water partition coefficient (Wildman–Crippen LogP) is 0.774. The van der Waals surface area contributed by atoms with Crippen LogP contribution in [0, 0.1) is 0 Å². The van der Waals surface area contributed by atoms with Crippen LogP contribution in [0.15, 0.2) is 74.8 Å². The first-order valence-electron chi connectivity index (χ1n) is 7.79. The molecule has 23 heavy (non-hydrogen) atoms. The molecule has 5 heteroatoms. The fourth-order valence-electron chi connectivity index (χ4n) is 2.96. The fourth-order valence-corrected chi connectivity index (χ4v) is 5.02. The second-order valence-electron chi connectivity index (χ2n) is 6.20. The Morgan fingerprint density at radius 1 is 0.913 bits per heavy atom. The van der Waals surface area contributed by atoms with E-state index in [1.54, 1.807) is 0 Å². The first kappa shape index (κ1) is 18.2. The molecule has 0 spiro atoms. The highest BCUT2D eigenvalue weighted by Gasteiger charge is 2.27. The van der Waals surface area contributed by atoms with Crippen LogP contribution in [0.1, 0.15) is 12.8 Å². The second kappa shape index (κ2) is 7.60. The minimum Gasteiger partial charge on any atom is -1.00 e. The molecule has 124 valence electrons. The van der Waals surface area contributed by atoms with Crippen LogP contribution in [0.5, 0.6) is 0 Å². The average Bonchev–Trinajstić information content (AvgIpc) is 3.01. The normalized spacial score (nSPS) is 16.6. The van der Waals surface area contributed by atoms with E-state index < -0.39 is 9.73 Å². The van der Waals surface area contributed by atoms with E-state index in [1.165, 1.54) is 12.8 Å². The maximum atomic E-state index is 13.7. The van der Waals surface area contributed by atoms with Crippen molar-refractivity contribution in [3.8, 4) is 0 Å². The molecule has 1 aliphatic heterocycles. The molecule has 0 radical (unpaired) electrons. The Labute approximate surface area is 149 Å². The van der Waals surface area contributed by atoms with Crippen LogP contribution in [-0.2, 0) is 9.73 Å². The summed E-state index contributed by atoms with van der Waals surface area (Å²) in [6.45, 7) is 2.87. The molecule has 1 saturated heterocycles. The molecule has 2 aromatic rings. The highest BCUT2D eigenvalue weighted by molar-refractivity contribution is 7.93. The maximum Gasteiger partial charge on any atom is 0.182 e. The molecule has 0 saturated carbocycles. The summed E-state index contributed by atoms with van der Waals surface area (Å²) in [5.41, 5.74) is 0. The van der Waals surface area contributed by atoms with Crippen LogP contribution < -0.4 is 17.0 Å². The number of quaternary nitrogens is 1. The van der Waals surface area contributed by atoms with Crippen molar-refractivity contribution in [1.29, 1.82) is 0 Å². The van der Waals surface area contributed by atoms with Gasteiger partial charge in [0.25, 0.3) is 0 Å². The Kier molecular flexibility index (Phi) is 6.00. The number of likely N-dealkylation sites (tertiary alicyclic amines) is 1. The number of rotatable bonds is 4. The van der Waals surface area contributed by atoms with Gasteiger partial charge in [-0.15, -0.1) is 0 Å². The van der Waals surface area contributed by atoms with Crippen molar-refractivity contribution in [3.63, 3.8) is 0 Å². The van der Waals surface area contributed by atoms with Gasteiger partial charge < -0.3 is 21.5 Å². The molecule has 0 aromatic heterocycles. The average molecular weight is 395 g/mol. The van der Waals surface area contributed by atoms with E-state index in [9.17, 15) is 4.21 Å². The van der Waals surface area contributed by atoms with E-state index >= 15 is 0 Å². The van der Waals surface area contributed by atoms with Crippen molar-refractivity contribution in [3.05, 3.63) is 60.7 Å². The zero-order chi connectivity index (χ0) is 15.5. The zero-order valence-corrected chi connectivity index (χ0v) is 15.8. The topological polar surface area (TPSA) is 29.4 Å². The Hall–Kier alpha value is -1.17. The van der Waals surface area contributed by atoms with E-state index in [0.29, 0.717) is 6.67 Å². The number of halogens is 1. The first-order chi connectivity index (χ1) is 10.6. The monoisotopic (exact) mass is 394 g/mol. The predicted molar refractivity (Wildman–Crippen MR) is 90.0 cm³/mol. The summed E-state index contributed by atoms with van der Waals surface area (Å²) < 4.78 is 19.4. The molecular weight excluding hydrogens is 372 g/mol. The number of benzene rings is 2. The van der Waals surface area contributed by atoms with E-state index in [-0.39, 0.29) is 17.0 Å². The van der Waals surface area contributed by atoms with E-state index in [2.05, 4.69) is 7.05 Å². The first-order valence-corrected chi connectivity index (χ1v) is 9.31. The highest BCUT2D eigenvalue weighted by atomic mass is 79.9. The summed E-state index contributed by atoms with van der Waals surface area (Å²) >= 11 is 0. The SMILES string of the molecule is C[N+]1(CN=S(=O)(c2ccccc2)c2ccccc2)CCCC1.[Br-]. The molecule has 1 aliphatic rings. The third kappa shape index (κ3) is 4.03. The van der Waals surface area contributed by atoms with Gasteiger partial charge in [0, 0.05) is 12.8 Å². The van der Waals surface area contributed by atoms with Gasteiger partial charge >= 0.3 is 0 Å². The van der Waals surface area contributed by atoms with Crippen LogP contribution in [0.25, 0.3) is 0 Å². The van der Waals surface area contributed by atoms with Crippen molar-refractivity contribution in [2.75, 3.05) is 26.8 Å². The van der Waals surface area contributed by atoms with Gasteiger partial charge in [0.05, 0.1) is 29.9 Å². The van der Waals surface area contributed by atoms with Gasteiger partial charge in [-0.1, -0.05) is 36.4 Å². The molecule has 1 fully saturated rings. The van der Waals surface area contributed by atoms with Gasteiger partial charge in [-0.3, -0.25) is 0 Å². The van der Waals surface area contributed by atoms with Gasteiger partial charge in [-0.25, -0.2) is 4.21 Å². The largest absolute Gasteiger partial charge is 1.00 e. The standard InChI is InChI=1S/C18H23N2OS.BrH/c1-20(14-8-9-15-20)16-19-22(21,17-10-4-2-5-11-17)18-12-6-3-7-13-18;/h2-7,10-13H,8-9,14-16H2,1H3;1H/q+1;/p-1. The summed E-state index contributed by atoms with van der Waals surface area (Å²) in [6.07, 6.45) is 2.48. The van der Waals surface area contributed by atoms with Crippen molar-refractivity contribution in [1.82, 2.24) is 0 Å². The zero-order valence-electron chi connectivity index (χ0n) is 13.4. The van der Waals surface area contributed by atoms with E-state index in [1.807, 2.05) is 60.7 Å². The maximum absolute atomic E-state index is 13.7. The third-order valence-electron chi connectivity index (χ3n) is 4.35. The van der Waals surface area contributed by atoms with Crippen LogP contribution in [0.4, 0.5) is 0 Å². The molecule has 0 N–H and O–H groups in total. The Bertz CT molecular complexity index is 689. The van der Waals surface area contributed by atoms with E-state index in [4.69, 9.17) is 4.36 Å². The van der Waals surface area contributed by atoms with E-state index in [0.717, 1.165) is 27.4 Å². The number of hydrogen-bond donors (Lipinski definition) is 0. The summed E-state index contributed by atoms with van der Waals surface area (Å²) in [4.78, 5) is 1.60. The Morgan fingerprint density at radius 3 is 1.78 bits per heavy atom. The molecular formula is C18H23BrN2OS. The molecule has 3 rings (SSSR count). The van der Waals surface area contributed by atoms with Crippen LogP contribution in [0.3, 0.4) is 0 Å². The molecule has 0 amide bonds. The van der Waals surface area contributed by atoms with Gasteiger partial charge in [0.15, 0.2) is 6.67 Å². The van der Waals surface area contributed by atoms with Crippen LogP contribution in [-0.4, -0.2) is 35.5 Å². The summed E-state index contributed by atoms with van der Waals surface area (Å²) in [7, 11) is -0.348. The molecule has 1 heterocycles. The van der Waals surface area contributed by atoms with Crippen LogP contribution in [0.2, 0.25) is 0 Å².